The highest BCUT2D eigenvalue weighted by Gasteiger charge is 2.18. The Morgan fingerprint density at radius 3 is 2.67 bits per heavy atom. The zero-order valence-electron chi connectivity index (χ0n) is 10.9. The average molecular weight is 401 g/mol. The summed E-state index contributed by atoms with van der Waals surface area (Å²) in [6, 6.07) is 6.45. The minimum absolute atomic E-state index is 0.0619. The predicted octanol–water partition coefficient (Wildman–Crippen LogP) is 3.79. The summed E-state index contributed by atoms with van der Waals surface area (Å²) >= 11 is 2.16. The minimum atomic E-state index is -1.08. The molecule has 0 fully saturated rings. The highest BCUT2D eigenvalue weighted by atomic mass is 127. The van der Waals surface area contributed by atoms with Crippen LogP contribution in [-0.2, 0) is 0 Å². The summed E-state index contributed by atoms with van der Waals surface area (Å²) in [4.78, 5) is 11.8. The number of nitrogens with one attached hydrogen (secondary N) is 3. The van der Waals surface area contributed by atoms with Gasteiger partial charge in [0.25, 0.3) is 5.56 Å². The van der Waals surface area contributed by atoms with Gasteiger partial charge in [-0.15, -0.1) is 0 Å². The summed E-state index contributed by atoms with van der Waals surface area (Å²) in [7, 11) is 0. The van der Waals surface area contributed by atoms with Gasteiger partial charge >= 0.3 is 0 Å². The number of aryl methyl sites for hydroxylation is 1. The van der Waals surface area contributed by atoms with E-state index < -0.39 is 17.2 Å². The first-order chi connectivity index (χ1) is 9.97. The molecule has 108 valence electrons. The Morgan fingerprint density at radius 2 is 1.95 bits per heavy atom. The molecule has 3 rings (SSSR count). The Kier molecular flexibility index (Phi) is 3.44. The number of aromatic amines is 2. The molecule has 0 aliphatic heterocycles. The molecule has 7 heteroatoms. The second-order valence-electron chi connectivity index (χ2n) is 4.63. The summed E-state index contributed by atoms with van der Waals surface area (Å²) in [6.45, 7) is 1.85. The number of H-pyrrole nitrogens is 2. The third-order valence-corrected chi connectivity index (χ3v) is 3.88. The maximum absolute atomic E-state index is 14.1. The van der Waals surface area contributed by atoms with Crippen molar-refractivity contribution in [2.24, 2.45) is 0 Å². The molecule has 1 aromatic heterocycles. The van der Waals surface area contributed by atoms with Crippen molar-refractivity contribution in [3.8, 4) is 0 Å². The predicted molar refractivity (Wildman–Crippen MR) is 86.0 cm³/mol. The largest absolute Gasteiger partial charge is 0.352 e. The summed E-state index contributed by atoms with van der Waals surface area (Å²) in [5.41, 5.74) is 1.02. The van der Waals surface area contributed by atoms with Crippen LogP contribution >= 0.6 is 22.6 Å². The molecule has 0 bridgehead atoms. The van der Waals surface area contributed by atoms with Crippen LogP contribution in [0.25, 0.3) is 10.9 Å². The number of anilines is 2. The summed E-state index contributed by atoms with van der Waals surface area (Å²) in [6.07, 6.45) is 0. The monoisotopic (exact) mass is 401 g/mol. The molecule has 21 heavy (non-hydrogen) atoms. The molecule has 0 spiro atoms. The van der Waals surface area contributed by atoms with E-state index in [0.29, 0.717) is 5.69 Å². The highest BCUT2D eigenvalue weighted by molar-refractivity contribution is 14.1. The molecule has 0 amide bonds. The Bertz CT molecular complexity index is 901. The quantitative estimate of drug-likeness (QED) is 0.573. The van der Waals surface area contributed by atoms with Crippen molar-refractivity contribution >= 4 is 44.9 Å². The number of rotatable bonds is 2. The van der Waals surface area contributed by atoms with Crippen molar-refractivity contribution in [1.29, 1.82) is 0 Å². The van der Waals surface area contributed by atoms with Crippen LogP contribution in [0.15, 0.2) is 29.1 Å². The normalized spacial score (nSPS) is 11.0. The van der Waals surface area contributed by atoms with Gasteiger partial charge in [-0.05, 0) is 53.3 Å². The smallest absolute Gasteiger partial charge is 0.274 e. The molecule has 0 radical (unpaired) electrons. The van der Waals surface area contributed by atoms with Gasteiger partial charge in [-0.1, -0.05) is 0 Å². The third kappa shape index (κ3) is 2.41. The summed E-state index contributed by atoms with van der Waals surface area (Å²) in [5, 5.41) is 7.73. The first-order valence-electron chi connectivity index (χ1n) is 6.09. The zero-order valence-corrected chi connectivity index (χ0v) is 13.0. The number of halogens is 3. The standard InChI is InChI=1S/C14H10F2IN3O/c1-6-4-7(17)2-3-9(6)18-13-11-10(19-20-14(11)21)5-8(15)12(13)16/h2-5,18H,1H3,(H2,19,20,21). The third-order valence-electron chi connectivity index (χ3n) is 3.21. The van der Waals surface area contributed by atoms with E-state index in [1.54, 1.807) is 6.07 Å². The lowest BCUT2D eigenvalue weighted by Crippen LogP contribution is -2.05. The molecule has 4 nitrogen and oxygen atoms in total. The van der Waals surface area contributed by atoms with E-state index in [1.807, 2.05) is 19.1 Å². The van der Waals surface area contributed by atoms with E-state index in [4.69, 9.17) is 0 Å². The summed E-state index contributed by atoms with van der Waals surface area (Å²) in [5.74, 6) is -2.10. The van der Waals surface area contributed by atoms with E-state index in [9.17, 15) is 13.6 Å². The van der Waals surface area contributed by atoms with Crippen molar-refractivity contribution in [3.05, 3.63) is 55.4 Å². The van der Waals surface area contributed by atoms with Crippen LogP contribution in [0.3, 0.4) is 0 Å². The molecule has 0 saturated carbocycles. The van der Waals surface area contributed by atoms with Gasteiger partial charge in [-0.25, -0.2) is 8.78 Å². The lowest BCUT2D eigenvalue weighted by atomic mass is 10.1. The molecule has 3 N–H and O–H groups in total. The highest BCUT2D eigenvalue weighted by Crippen LogP contribution is 2.30. The van der Waals surface area contributed by atoms with Gasteiger partial charge in [0.15, 0.2) is 11.6 Å². The first kappa shape index (κ1) is 14.1. The van der Waals surface area contributed by atoms with Crippen molar-refractivity contribution < 1.29 is 8.78 Å². The SMILES string of the molecule is Cc1cc(I)ccc1Nc1c(F)c(F)cc2[nH][nH]c(=O)c12. The lowest BCUT2D eigenvalue weighted by Gasteiger charge is -2.12. The number of benzene rings is 2. The van der Waals surface area contributed by atoms with E-state index in [-0.39, 0.29) is 16.6 Å². The van der Waals surface area contributed by atoms with E-state index in [0.717, 1.165) is 15.2 Å². The van der Waals surface area contributed by atoms with Gasteiger partial charge in [0.1, 0.15) is 0 Å². The van der Waals surface area contributed by atoms with Crippen LogP contribution in [0.4, 0.5) is 20.2 Å². The molecule has 0 unspecified atom stereocenters. The molecule has 2 aromatic carbocycles. The second kappa shape index (κ2) is 5.14. The Balaban J connectivity index is 2.22. The van der Waals surface area contributed by atoms with Gasteiger partial charge in [0, 0.05) is 15.3 Å². The van der Waals surface area contributed by atoms with Crippen molar-refractivity contribution in [2.45, 2.75) is 6.92 Å². The molecule has 0 aliphatic rings. The topological polar surface area (TPSA) is 60.7 Å². The van der Waals surface area contributed by atoms with Crippen LogP contribution in [0, 0.1) is 22.1 Å². The number of fused-ring (bicyclic) bond motifs is 1. The van der Waals surface area contributed by atoms with Gasteiger partial charge < -0.3 is 5.32 Å². The van der Waals surface area contributed by atoms with Crippen LogP contribution in [0.1, 0.15) is 5.56 Å². The number of hydrogen-bond donors (Lipinski definition) is 3. The van der Waals surface area contributed by atoms with Crippen LogP contribution < -0.4 is 10.9 Å². The first-order valence-corrected chi connectivity index (χ1v) is 7.17. The van der Waals surface area contributed by atoms with Crippen molar-refractivity contribution in [2.75, 3.05) is 5.32 Å². The summed E-state index contributed by atoms with van der Waals surface area (Å²) < 4.78 is 28.7. The van der Waals surface area contributed by atoms with E-state index in [2.05, 4.69) is 38.1 Å². The molecular formula is C14H10F2IN3O. The van der Waals surface area contributed by atoms with Gasteiger partial charge in [0.2, 0.25) is 0 Å². The Hall–Kier alpha value is -1.90. The molecule has 3 aromatic rings. The second-order valence-corrected chi connectivity index (χ2v) is 5.88. The van der Waals surface area contributed by atoms with E-state index >= 15 is 0 Å². The lowest BCUT2D eigenvalue weighted by molar-refractivity contribution is 0.513. The zero-order chi connectivity index (χ0) is 15.1. The fourth-order valence-electron chi connectivity index (χ4n) is 2.17. The Labute approximate surface area is 131 Å². The maximum Gasteiger partial charge on any atom is 0.274 e. The van der Waals surface area contributed by atoms with Crippen LogP contribution in [-0.4, -0.2) is 10.2 Å². The fraction of sp³-hybridized carbons (Fsp3) is 0.0714. The maximum atomic E-state index is 14.1. The average Bonchev–Trinajstić information content (AvgIpc) is 2.78. The van der Waals surface area contributed by atoms with Crippen LogP contribution in [0.5, 0.6) is 0 Å². The van der Waals surface area contributed by atoms with Crippen molar-refractivity contribution in [3.63, 3.8) is 0 Å². The van der Waals surface area contributed by atoms with Crippen LogP contribution in [0.2, 0.25) is 0 Å². The minimum Gasteiger partial charge on any atom is -0.352 e. The van der Waals surface area contributed by atoms with Gasteiger partial charge in [-0.3, -0.25) is 15.0 Å². The van der Waals surface area contributed by atoms with E-state index in [1.165, 1.54) is 0 Å². The molecular weight excluding hydrogens is 391 g/mol. The molecule has 0 saturated heterocycles. The molecule has 1 heterocycles. The van der Waals surface area contributed by atoms with Gasteiger partial charge in [-0.2, -0.15) is 0 Å². The fourth-order valence-corrected chi connectivity index (χ4v) is 2.81. The number of aromatic nitrogens is 2. The molecule has 0 atom stereocenters. The number of hydrogen-bond acceptors (Lipinski definition) is 2. The Morgan fingerprint density at radius 1 is 1.19 bits per heavy atom. The van der Waals surface area contributed by atoms with Crippen molar-refractivity contribution in [1.82, 2.24) is 10.2 Å². The van der Waals surface area contributed by atoms with Gasteiger partial charge in [0.05, 0.1) is 16.6 Å². The molecule has 0 aliphatic carbocycles.